The van der Waals surface area contributed by atoms with E-state index < -0.39 is 11.6 Å². The van der Waals surface area contributed by atoms with Gasteiger partial charge in [-0.2, -0.15) is 0 Å². The molecule has 4 heteroatoms. The van der Waals surface area contributed by atoms with Crippen molar-refractivity contribution in [2.45, 2.75) is 45.1 Å². The Bertz CT molecular complexity index is 361. The minimum absolute atomic E-state index is 0.133. The summed E-state index contributed by atoms with van der Waals surface area (Å²) in [6.07, 6.45) is 2.94. The summed E-state index contributed by atoms with van der Waals surface area (Å²) in [6, 6.07) is 3.19. The molecule has 0 bridgehead atoms. The Hall–Kier alpha value is -1.29. The van der Waals surface area contributed by atoms with E-state index >= 15 is 0 Å². The smallest absolute Gasteiger partial charge is 0.373 e. The molecule has 1 rings (SSSR count). The molecule has 17 heavy (non-hydrogen) atoms. The Kier molecular flexibility index (Phi) is 4.75. The first kappa shape index (κ1) is 13.8. The fourth-order valence-electron chi connectivity index (χ4n) is 2.00. The molecule has 1 N–H and O–H groups in total. The van der Waals surface area contributed by atoms with Crippen molar-refractivity contribution in [2.75, 3.05) is 7.11 Å². The van der Waals surface area contributed by atoms with Crippen molar-refractivity contribution in [3.63, 3.8) is 0 Å². The summed E-state index contributed by atoms with van der Waals surface area (Å²) in [5.41, 5.74) is -0.976. The van der Waals surface area contributed by atoms with E-state index in [0.29, 0.717) is 18.6 Å². The maximum Gasteiger partial charge on any atom is 0.373 e. The molecule has 0 radical (unpaired) electrons. The Labute approximate surface area is 102 Å². The Morgan fingerprint density at radius 2 is 1.94 bits per heavy atom. The SMILES string of the molecule is CCCC(O)(CCC)c1ccc(C(=O)OC)o1. The lowest BCUT2D eigenvalue weighted by Gasteiger charge is -2.24. The number of aliphatic hydroxyl groups is 1. The number of carbonyl (C=O) groups excluding carboxylic acids is 1. The van der Waals surface area contributed by atoms with Gasteiger partial charge in [-0.25, -0.2) is 4.79 Å². The summed E-state index contributed by atoms with van der Waals surface area (Å²) in [6.45, 7) is 4.01. The largest absolute Gasteiger partial charge is 0.463 e. The van der Waals surface area contributed by atoms with E-state index in [0.717, 1.165) is 12.8 Å². The fourth-order valence-corrected chi connectivity index (χ4v) is 2.00. The first-order valence-electron chi connectivity index (χ1n) is 5.98. The van der Waals surface area contributed by atoms with Crippen molar-refractivity contribution >= 4 is 5.97 Å². The highest BCUT2D eigenvalue weighted by Crippen LogP contribution is 2.32. The van der Waals surface area contributed by atoms with Gasteiger partial charge < -0.3 is 14.3 Å². The van der Waals surface area contributed by atoms with Crippen molar-refractivity contribution in [1.82, 2.24) is 0 Å². The molecule has 0 amide bonds. The minimum atomic E-state index is -0.976. The van der Waals surface area contributed by atoms with E-state index in [1.807, 2.05) is 13.8 Å². The van der Waals surface area contributed by atoms with Crippen LogP contribution >= 0.6 is 0 Å². The van der Waals surface area contributed by atoms with Crippen molar-refractivity contribution < 1.29 is 19.1 Å². The van der Waals surface area contributed by atoms with E-state index in [2.05, 4.69) is 4.74 Å². The van der Waals surface area contributed by atoms with Crippen LogP contribution in [0.5, 0.6) is 0 Å². The summed E-state index contributed by atoms with van der Waals surface area (Å²) in [4.78, 5) is 11.3. The zero-order chi connectivity index (χ0) is 12.9. The Morgan fingerprint density at radius 1 is 1.35 bits per heavy atom. The van der Waals surface area contributed by atoms with E-state index in [1.54, 1.807) is 6.07 Å². The van der Waals surface area contributed by atoms with Crippen LogP contribution in [0.3, 0.4) is 0 Å². The summed E-state index contributed by atoms with van der Waals surface area (Å²) in [7, 11) is 1.30. The van der Waals surface area contributed by atoms with E-state index in [-0.39, 0.29) is 5.76 Å². The lowest BCUT2D eigenvalue weighted by molar-refractivity contribution is -0.00505. The van der Waals surface area contributed by atoms with Crippen molar-refractivity contribution in [3.05, 3.63) is 23.7 Å². The third-order valence-corrected chi connectivity index (χ3v) is 2.78. The second kappa shape index (κ2) is 5.87. The molecule has 0 aliphatic heterocycles. The zero-order valence-corrected chi connectivity index (χ0v) is 10.7. The molecule has 0 spiro atoms. The number of ether oxygens (including phenoxy) is 1. The summed E-state index contributed by atoms with van der Waals surface area (Å²) < 4.78 is 9.95. The molecule has 0 unspecified atom stereocenters. The predicted octanol–water partition coefficient (Wildman–Crippen LogP) is 2.85. The van der Waals surface area contributed by atoms with Gasteiger partial charge in [0.05, 0.1) is 7.11 Å². The number of rotatable bonds is 6. The van der Waals surface area contributed by atoms with Gasteiger partial charge in [0.2, 0.25) is 5.76 Å². The highest BCUT2D eigenvalue weighted by atomic mass is 16.5. The normalized spacial score (nSPS) is 11.5. The number of hydrogen-bond donors (Lipinski definition) is 1. The molecule has 0 atom stereocenters. The number of furan rings is 1. The van der Waals surface area contributed by atoms with Crippen LogP contribution in [0.2, 0.25) is 0 Å². The van der Waals surface area contributed by atoms with E-state index in [9.17, 15) is 9.90 Å². The van der Waals surface area contributed by atoms with Crippen molar-refractivity contribution in [3.8, 4) is 0 Å². The average Bonchev–Trinajstić information content (AvgIpc) is 2.78. The first-order valence-corrected chi connectivity index (χ1v) is 5.98. The third kappa shape index (κ3) is 3.09. The molecule has 0 aromatic carbocycles. The topological polar surface area (TPSA) is 59.7 Å². The maximum atomic E-state index is 11.3. The standard InChI is InChI=1S/C13H20O4/c1-4-8-13(15,9-5-2)11-7-6-10(17-11)12(14)16-3/h6-7,15H,4-5,8-9H2,1-3H3. The van der Waals surface area contributed by atoms with Gasteiger partial charge in [-0.15, -0.1) is 0 Å². The number of esters is 1. The van der Waals surface area contributed by atoms with Crippen LogP contribution in [0.25, 0.3) is 0 Å². The van der Waals surface area contributed by atoms with Crippen LogP contribution in [0, 0.1) is 0 Å². The molecule has 0 saturated heterocycles. The van der Waals surface area contributed by atoms with Crippen LogP contribution in [0.1, 0.15) is 55.8 Å². The highest BCUT2D eigenvalue weighted by molar-refractivity contribution is 5.86. The fraction of sp³-hybridized carbons (Fsp3) is 0.615. The lowest BCUT2D eigenvalue weighted by atomic mass is 9.90. The zero-order valence-electron chi connectivity index (χ0n) is 10.7. The predicted molar refractivity (Wildman–Crippen MR) is 63.8 cm³/mol. The molecule has 1 aromatic rings. The van der Waals surface area contributed by atoms with Gasteiger partial charge in [-0.3, -0.25) is 0 Å². The number of methoxy groups -OCH3 is 1. The summed E-state index contributed by atoms with van der Waals surface area (Å²) >= 11 is 0. The van der Waals surface area contributed by atoms with Crippen molar-refractivity contribution in [2.24, 2.45) is 0 Å². The van der Waals surface area contributed by atoms with Gasteiger partial charge in [0, 0.05) is 0 Å². The first-order chi connectivity index (χ1) is 8.07. The molecule has 1 heterocycles. The molecule has 0 aliphatic rings. The molecule has 0 saturated carbocycles. The van der Waals surface area contributed by atoms with Gasteiger partial charge in [0.1, 0.15) is 11.4 Å². The Morgan fingerprint density at radius 3 is 2.41 bits per heavy atom. The second-order valence-electron chi connectivity index (χ2n) is 4.19. The maximum absolute atomic E-state index is 11.3. The van der Waals surface area contributed by atoms with E-state index in [4.69, 9.17) is 4.42 Å². The van der Waals surface area contributed by atoms with Gasteiger partial charge in [0.25, 0.3) is 0 Å². The highest BCUT2D eigenvalue weighted by Gasteiger charge is 2.31. The summed E-state index contributed by atoms with van der Waals surface area (Å²) in [5, 5.41) is 10.5. The van der Waals surface area contributed by atoms with Crippen molar-refractivity contribution in [1.29, 1.82) is 0 Å². The van der Waals surface area contributed by atoms with Crippen LogP contribution in [-0.4, -0.2) is 18.2 Å². The summed E-state index contributed by atoms with van der Waals surface area (Å²) in [5.74, 6) is 0.0568. The molecule has 96 valence electrons. The molecule has 0 fully saturated rings. The van der Waals surface area contributed by atoms with Gasteiger partial charge in [0.15, 0.2) is 0 Å². The van der Waals surface area contributed by atoms with Gasteiger partial charge in [-0.05, 0) is 25.0 Å². The molecule has 1 aromatic heterocycles. The second-order valence-corrected chi connectivity index (χ2v) is 4.19. The third-order valence-electron chi connectivity index (χ3n) is 2.78. The average molecular weight is 240 g/mol. The molecule has 0 aliphatic carbocycles. The molecular formula is C13H20O4. The van der Waals surface area contributed by atoms with Crippen LogP contribution in [0.15, 0.2) is 16.5 Å². The molecule has 4 nitrogen and oxygen atoms in total. The van der Waals surface area contributed by atoms with Gasteiger partial charge >= 0.3 is 5.97 Å². The van der Waals surface area contributed by atoms with Crippen LogP contribution in [0.4, 0.5) is 0 Å². The van der Waals surface area contributed by atoms with Gasteiger partial charge in [-0.1, -0.05) is 26.7 Å². The van der Waals surface area contributed by atoms with Crippen LogP contribution < -0.4 is 0 Å². The number of carbonyl (C=O) groups is 1. The van der Waals surface area contributed by atoms with Crippen LogP contribution in [-0.2, 0) is 10.3 Å². The number of hydrogen-bond acceptors (Lipinski definition) is 4. The van der Waals surface area contributed by atoms with E-state index in [1.165, 1.54) is 13.2 Å². The Balaban J connectivity index is 2.95. The monoisotopic (exact) mass is 240 g/mol. The quantitative estimate of drug-likeness (QED) is 0.777. The minimum Gasteiger partial charge on any atom is -0.463 e. The lowest BCUT2D eigenvalue weighted by Crippen LogP contribution is -2.24. The molecular weight excluding hydrogens is 220 g/mol.